The van der Waals surface area contributed by atoms with Crippen molar-refractivity contribution in [1.82, 2.24) is 10.6 Å². The Bertz CT molecular complexity index is 376. The molecule has 18 heavy (non-hydrogen) atoms. The zero-order chi connectivity index (χ0) is 13.5. The van der Waals surface area contributed by atoms with Crippen LogP contribution in [-0.2, 0) is 4.79 Å². The molecule has 1 rings (SSSR count). The van der Waals surface area contributed by atoms with E-state index in [0.717, 1.165) is 11.1 Å². The van der Waals surface area contributed by atoms with Crippen molar-refractivity contribution in [3.8, 4) is 0 Å². The van der Waals surface area contributed by atoms with E-state index >= 15 is 0 Å². The minimum absolute atomic E-state index is 0.0458. The van der Waals surface area contributed by atoms with E-state index in [1.807, 2.05) is 45.2 Å². The smallest absolute Gasteiger partial charge is 0.224 e. The van der Waals surface area contributed by atoms with E-state index in [-0.39, 0.29) is 18.4 Å². The highest BCUT2D eigenvalue weighted by molar-refractivity contribution is 5.78. The molecule has 0 bridgehead atoms. The van der Waals surface area contributed by atoms with Crippen molar-refractivity contribution in [1.29, 1.82) is 0 Å². The van der Waals surface area contributed by atoms with Crippen LogP contribution in [0, 0.1) is 12.8 Å². The number of rotatable bonds is 6. The molecule has 0 aliphatic heterocycles. The Morgan fingerprint density at radius 1 is 1.28 bits per heavy atom. The first-order valence-electron chi connectivity index (χ1n) is 6.21. The lowest BCUT2D eigenvalue weighted by Gasteiger charge is -2.15. The molecule has 4 heteroatoms. The predicted octanol–water partition coefficient (Wildman–Crippen LogP) is 1.00. The van der Waals surface area contributed by atoms with Crippen molar-refractivity contribution >= 4 is 5.91 Å². The normalized spacial score (nSPS) is 14.0. The lowest BCUT2D eigenvalue weighted by Crippen LogP contribution is -2.36. The number of carbonyl (C=O) groups excluding carboxylic acids is 1. The number of hydrogen-bond acceptors (Lipinski definition) is 3. The standard InChI is InChI=1S/C14H22N2O2/c1-10-4-6-12(7-5-10)13(17)9-16-14(18)11(2)8-15-3/h4-7,11,13,15,17H,8-9H2,1-3H3,(H,16,18). The fourth-order valence-corrected chi connectivity index (χ4v) is 1.68. The second kappa shape index (κ2) is 7.13. The quantitative estimate of drug-likeness (QED) is 0.706. The summed E-state index contributed by atoms with van der Waals surface area (Å²) in [6.45, 7) is 4.73. The molecular weight excluding hydrogens is 228 g/mol. The lowest BCUT2D eigenvalue weighted by atomic mass is 10.1. The van der Waals surface area contributed by atoms with Crippen molar-refractivity contribution < 1.29 is 9.90 Å². The molecule has 2 unspecified atom stereocenters. The fraction of sp³-hybridized carbons (Fsp3) is 0.500. The zero-order valence-corrected chi connectivity index (χ0v) is 11.2. The van der Waals surface area contributed by atoms with Gasteiger partial charge in [-0.15, -0.1) is 0 Å². The summed E-state index contributed by atoms with van der Waals surface area (Å²) < 4.78 is 0. The summed E-state index contributed by atoms with van der Waals surface area (Å²) in [6.07, 6.45) is -0.656. The van der Waals surface area contributed by atoms with Gasteiger partial charge in [-0.05, 0) is 19.5 Å². The Morgan fingerprint density at radius 2 is 1.89 bits per heavy atom. The van der Waals surface area contributed by atoms with Gasteiger partial charge in [-0.1, -0.05) is 36.8 Å². The molecule has 0 fully saturated rings. The molecule has 0 radical (unpaired) electrons. The number of hydrogen-bond donors (Lipinski definition) is 3. The molecule has 100 valence electrons. The Kier molecular flexibility index (Phi) is 5.82. The molecule has 0 aliphatic rings. The number of aliphatic hydroxyl groups is 1. The van der Waals surface area contributed by atoms with Gasteiger partial charge in [0.25, 0.3) is 0 Å². The molecule has 1 aromatic carbocycles. The monoisotopic (exact) mass is 250 g/mol. The highest BCUT2D eigenvalue weighted by atomic mass is 16.3. The molecule has 1 aromatic rings. The largest absolute Gasteiger partial charge is 0.387 e. The fourth-order valence-electron chi connectivity index (χ4n) is 1.68. The Balaban J connectivity index is 2.43. The van der Waals surface area contributed by atoms with E-state index in [9.17, 15) is 9.90 Å². The molecule has 0 heterocycles. The van der Waals surface area contributed by atoms with Crippen LogP contribution in [0.1, 0.15) is 24.2 Å². The summed E-state index contributed by atoms with van der Waals surface area (Å²) in [6, 6.07) is 7.65. The van der Waals surface area contributed by atoms with Crippen molar-refractivity contribution in [2.75, 3.05) is 20.1 Å². The topological polar surface area (TPSA) is 61.4 Å². The van der Waals surface area contributed by atoms with Crippen LogP contribution in [0.3, 0.4) is 0 Å². The number of nitrogens with one attached hydrogen (secondary N) is 2. The van der Waals surface area contributed by atoms with Crippen LogP contribution in [-0.4, -0.2) is 31.2 Å². The van der Waals surface area contributed by atoms with Crippen LogP contribution in [0.4, 0.5) is 0 Å². The molecule has 1 amide bonds. The van der Waals surface area contributed by atoms with Gasteiger partial charge in [-0.25, -0.2) is 0 Å². The summed E-state index contributed by atoms with van der Waals surface area (Å²) in [5.41, 5.74) is 1.97. The van der Waals surface area contributed by atoms with Crippen molar-refractivity contribution in [2.24, 2.45) is 5.92 Å². The van der Waals surface area contributed by atoms with Crippen molar-refractivity contribution in [2.45, 2.75) is 20.0 Å². The molecule has 2 atom stereocenters. The molecular formula is C14H22N2O2. The number of aliphatic hydroxyl groups excluding tert-OH is 1. The van der Waals surface area contributed by atoms with E-state index in [0.29, 0.717) is 6.54 Å². The van der Waals surface area contributed by atoms with Crippen molar-refractivity contribution in [3.05, 3.63) is 35.4 Å². The summed E-state index contributed by atoms with van der Waals surface area (Å²) in [5, 5.41) is 15.6. The summed E-state index contributed by atoms with van der Waals surface area (Å²) in [7, 11) is 1.81. The maximum Gasteiger partial charge on any atom is 0.224 e. The summed E-state index contributed by atoms with van der Waals surface area (Å²) in [5.74, 6) is -0.143. The van der Waals surface area contributed by atoms with Gasteiger partial charge < -0.3 is 15.7 Å². The summed E-state index contributed by atoms with van der Waals surface area (Å²) >= 11 is 0. The van der Waals surface area contributed by atoms with Crippen molar-refractivity contribution in [3.63, 3.8) is 0 Å². The third-order valence-corrected chi connectivity index (χ3v) is 2.89. The number of carbonyl (C=O) groups is 1. The van der Waals surface area contributed by atoms with Gasteiger partial charge in [0.2, 0.25) is 5.91 Å². The average Bonchev–Trinajstić information content (AvgIpc) is 2.36. The molecule has 3 N–H and O–H groups in total. The zero-order valence-electron chi connectivity index (χ0n) is 11.2. The highest BCUT2D eigenvalue weighted by Gasteiger charge is 2.14. The molecule has 4 nitrogen and oxygen atoms in total. The highest BCUT2D eigenvalue weighted by Crippen LogP contribution is 2.12. The molecule has 0 saturated carbocycles. The minimum atomic E-state index is -0.656. The van der Waals surface area contributed by atoms with Gasteiger partial charge in [0.1, 0.15) is 0 Å². The van der Waals surface area contributed by atoms with Crippen LogP contribution >= 0.6 is 0 Å². The first-order valence-corrected chi connectivity index (χ1v) is 6.21. The second-order valence-electron chi connectivity index (χ2n) is 4.63. The van der Waals surface area contributed by atoms with Gasteiger partial charge in [0, 0.05) is 19.0 Å². The van der Waals surface area contributed by atoms with Crippen LogP contribution in [0.15, 0.2) is 24.3 Å². The van der Waals surface area contributed by atoms with E-state index in [4.69, 9.17) is 0 Å². The first kappa shape index (κ1) is 14.7. The number of aryl methyl sites for hydroxylation is 1. The Labute approximate surface area is 108 Å². The summed E-state index contributed by atoms with van der Waals surface area (Å²) in [4.78, 5) is 11.7. The van der Waals surface area contributed by atoms with E-state index in [1.165, 1.54) is 0 Å². The second-order valence-corrected chi connectivity index (χ2v) is 4.63. The Morgan fingerprint density at radius 3 is 2.44 bits per heavy atom. The van der Waals surface area contributed by atoms with E-state index in [2.05, 4.69) is 10.6 Å². The van der Waals surface area contributed by atoms with Gasteiger partial charge in [0.15, 0.2) is 0 Å². The predicted molar refractivity (Wildman–Crippen MR) is 72.2 cm³/mol. The van der Waals surface area contributed by atoms with Gasteiger partial charge in [-0.3, -0.25) is 4.79 Å². The molecule has 0 aromatic heterocycles. The molecule has 0 aliphatic carbocycles. The maximum absolute atomic E-state index is 11.7. The number of amides is 1. The van der Waals surface area contributed by atoms with E-state index < -0.39 is 6.10 Å². The number of benzene rings is 1. The van der Waals surface area contributed by atoms with Crippen LogP contribution in [0.2, 0.25) is 0 Å². The maximum atomic E-state index is 11.7. The van der Waals surface area contributed by atoms with Crippen LogP contribution in [0.5, 0.6) is 0 Å². The molecule has 0 spiro atoms. The third kappa shape index (κ3) is 4.47. The van der Waals surface area contributed by atoms with Gasteiger partial charge in [-0.2, -0.15) is 0 Å². The van der Waals surface area contributed by atoms with Crippen LogP contribution in [0.25, 0.3) is 0 Å². The SMILES string of the molecule is CNCC(C)C(=O)NCC(O)c1ccc(C)cc1. The Hall–Kier alpha value is -1.39. The molecule has 0 saturated heterocycles. The van der Waals surface area contributed by atoms with E-state index in [1.54, 1.807) is 0 Å². The third-order valence-electron chi connectivity index (χ3n) is 2.89. The minimum Gasteiger partial charge on any atom is -0.387 e. The van der Waals surface area contributed by atoms with Crippen LogP contribution < -0.4 is 10.6 Å². The first-order chi connectivity index (χ1) is 8.54. The van der Waals surface area contributed by atoms with Gasteiger partial charge >= 0.3 is 0 Å². The van der Waals surface area contributed by atoms with Gasteiger partial charge in [0.05, 0.1) is 6.10 Å². The lowest BCUT2D eigenvalue weighted by molar-refractivity contribution is -0.124. The average molecular weight is 250 g/mol.